The van der Waals surface area contributed by atoms with Gasteiger partial charge in [-0.15, -0.1) is 10.2 Å². The minimum Gasteiger partial charge on any atom is -0.425 e. The van der Waals surface area contributed by atoms with Gasteiger partial charge in [0.15, 0.2) is 0 Å². The molecular formula is C14H15N3O2. The van der Waals surface area contributed by atoms with Gasteiger partial charge in [-0.2, -0.15) is 5.26 Å². The fraction of sp³-hybridized carbons (Fsp3) is 0.357. The lowest BCUT2D eigenvalue weighted by molar-refractivity contribution is 0.282. The maximum Gasteiger partial charge on any atom is 0.219 e. The molecule has 98 valence electrons. The first kappa shape index (κ1) is 13.2. The smallest absolute Gasteiger partial charge is 0.219 e. The van der Waals surface area contributed by atoms with Gasteiger partial charge >= 0.3 is 0 Å². The summed E-state index contributed by atoms with van der Waals surface area (Å²) in [6.45, 7) is 2.01. The second kappa shape index (κ2) is 6.12. The minimum absolute atomic E-state index is 0.00559. The molecule has 0 fully saturated rings. The van der Waals surface area contributed by atoms with E-state index in [1.54, 1.807) is 12.1 Å². The largest absolute Gasteiger partial charge is 0.425 e. The van der Waals surface area contributed by atoms with Crippen LogP contribution in [0.4, 0.5) is 0 Å². The van der Waals surface area contributed by atoms with Crippen LogP contribution < -0.4 is 0 Å². The van der Waals surface area contributed by atoms with Crippen molar-refractivity contribution in [2.75, 3.05) is 6.61 Å². The molecule has 0 amide bonds. The molecule has 1 aromatic heterocycles. The van der Waals surface area contributed by atoms with Gasteiger partial charge in [-0.1, -0.05) is 19.1 Å². The van der Waals surface area contributed by atoms with Gasteiger partial charge in [-0.05, 0) is 24.1 Å². The minimum atomic E-state index is 0.00559. The standard InChI is InChI=1S/C14H15N3O2/c1-10(14-17-16-13(19-14)6-7-18)8-11-2-4-12(9-15)5-3-11/h2-5,10,18H,6-8H2,1H3/t10-/m0/s1. The molecule has 0 unspecified atom stereocenters. The Morgan fingerprint density at radius 3 is 2.68 bits per heavy atom. The first-order valence-corrected chi connectivity index (χ1v) is 6.15. The molecule has 1 heterocycles. The maximum absolute atomic E-state index is 8.80. The van der Waals surface area contributed by atoms with E-state index in [0.29, 0.717) is 23.8 Å². The maximum atomic E-state index is 8.80. The van der Waals surface area contributed by atoms with Gasteiger partial charge in [0.25, 0.3) is 0 Å². The highest BCUT2D eigenvalue weighted by Gasteiger charge is 2.14. The van der Waals surface area contributed by atoms with Crippen molar-refractivity contribution in [2.45, 2.75) is 25.7 Å². The van der Waals surface area contributed by atoms with Crippen LogP contribution in [0.2, 0.25) is 0 Å². The number of nitriles is 1. The van der Waals surface area contributed by atoms with E-state index in [9.17, 15) is 0 Å². The van der Waals surface area contributed by atoms with E-state index in [0.717, 1.165) is 12.0 Å². The quantitative estimate of drug-likeness (QED) is 0.883. The van der Waals surface area contributed by atoms with E-state index in [1.165, 1.54) is 0 Å². The van der Waals surface area contributed by atoms with E-state index < -0.39 is 0 Å². The van der Waals surface area contributed by atoms with Crippen molar-refractivity contribution in [3.8, 4) is 6.07 Å². The van der Waals surface area contributed by atoms with Gasteiger partial charge in [0.1, 0.15) is 0 Å². The molecule has 0 bridgehead atoms. The highest BCUT2D eigenvalue weighted by molar-refractivity contribution is 5.32. The molecule has 2 aromatic rings. The Morgan fingerprint density at radius 2 is 2.05 bits per heavy atom. The molecule has 1 aromatic carbocycles. The van der Waals surface area contributed by atoms with E-state index in [1.807, 2.05) is 19.1 Å². The number of benzene rings is 1. The number of rotatable bonds is 5. The Kier molecular flexibility index (Phi) is 4.26. The molecule has 5 nitrogen and oxygen atoms in total. The first-order chi connectivity index (χ1) is 9.22. The van der Waals surface area contributed by atoms with Gasteiger partial charge in [-0.3, -0.25) is 0 Å². The second-order valence-corrected chi connectivity index (χ2v) is 4.42. The third-order valence-electron chi connectivity index (χ3n) is 2.85. The predicted octanol–water partition coefficient (Wildman–Crippen LogP) is 1.82. The van der Waals surface area contributed by atoms with Crippen LogP contribution in [-0.4, -0.2) is 21.9 Å². The number of aromatic nitrogens is 2. The van der Waals surface area contributed by atoms with Crippen molar-refractivity contribution >= 4 is 0 Å². The van der Waals surface area contributed by atoms with Crippen molar-refractivity contribution in [3.63, 3.8) is 0 Å². The van der Waals surface area contributed by atoms with Crippen molar-refractivity contribution in [1.82, 2.24) is 10.2 Å². The lowest BCUT2D eigenvalue weighted by Crippen LogP contribution is -1.99. The van der Waals surface area contributed by atoms with E-state index in [4.69, 9.17) is 14.8 Å². The Morgan fingerprint density at radius 1 is 1.32 bits per heavy atom. The summed E-state index contributed by atoms with van der Waals surface area (Å²) in [4.78, 5) is 0. The average molecular weight is 257 g/mol. The summed E-state index contributed by atoms with van der Waals surface area (Å²) in [6.07, 6.45) is 1.16. The second-order valence-electron chi connectivity index (χ2n) is 4.42. The predicted molar refractivity (Wildman–Crippen MR) is 68.4 cm³/mol. The average Bonchev–Trinajstić information content (AvgIpc) is 2.89. The molecule has 5 heteroatoms. The zero-order chi connectivity index (χ0) is 13.7. The number of aliphatic hydroxyl groups excluding tert-OH is 1. The summed E-state index contributed by atoms with van der Waals surface area (Å²) in [5, 5.41) is 25.4. The van der Waals surface area contributed by atoms with Gasteiger partial charge in [0, 0.05) is 12.3 Å². The highest BCUT2D eigenvalue weighted by Crippen LogP contribution is 2.19. The van der Waals surface area contributed by atoms with Crippen LogP contribution >= 0.6 is 0 Å². The van der Waals surface area contributed by atoms with Gasteiger partial charge in [0.2, 0.25) is 11.8 Å². The molecule has 0 aliphatic heterocycles. The van der Waals surface area contributed by atoms with Crippen LogP contribution in [0.5, 0.6) is 0 Å². The summed E-state index contributed by atoms with van der Waals surface area (Å²) in [7, 11) is 0. The number of hydrogen-bond donors (Lipinski definition) is 1. The zero-order valence-corrected chi connectivity index (χ0v) is 10.7. The van der Waals surface area contributed by atoms with Crippen LogP contribution in [0.1, 0.15) is 35.7 Å². The highest BCUT2D eigenvalue weighted by atomic mass is 16.4. The van der Waals surface area contributed by atoms with Crippen LogP contribution in [-0.2, 0) is 12.8 Å². The Balaban J connectivity index is 2.02. The molecule has 0 saturated heterocycles. The van der Waals surface area contributed by atoms with Crippen molar-refractivity contribution < 1.29 is 9.52 Å². The molecule has 0 spiro atoms. The summed E-state index contributed by atoms with van der Waals surface area (Å²) in [5.74, 6) is 1.14. The normalized spacial score (nSPS) is 12.1. The molecule has 0 radical (unpaired) electrons. The monoisotopic (exact) mass is 257 g/mol. The molecule has 0 aliphatic rings. The molecule has 1 N–H and O–H groups in total. The summed E-state index contributed by atoms with van der Waals surface area (Å²) in [6, 6.07) is 9.55. The molecular weight excluding hydrogens is 242 g/mol. The van der Waals surface area contributed by atoms with Crippen LogP contribution in [0.15, 0.2) is 28.7 Å². The molecule has 1 atom stereocenters. The van der Waals surface area contributed by atoms with Crippen molar-refractivity contribution in [1.29, 1.82) is 5.26 Å². The van der Waals surface area contributed by atoms with Crippen LogP contribution in [0, 0.1) is 11.3 Å². The lowest BCUT2D eigenvalue weighted by Gasteiger charge is -2.06. The molecule has 2 rings (SSSR count). The van der Waals surface area contributed by atoms with Crippen molar-refractivity contribution in [3.05, 3.63) is 47.2 Å². The topological polar surface area (TPSA) is 82.9 Å². The molecule has 19 heavy (non-hydrogen) atoms. The van der Waals surface area contributed by atoms with E-state index in [2.05, 4.69) is 16.3 Å². The molecule has 0 saturated carbocycles. The van der Waals surface area contributed by atoms with Gasteiger partial charge in [-0.25, -0.2) is 0 Å². The summed E-state index contributed by atoms with van der Waals surface area (Å²) in [5.41, 5.74) is 1.77. The summed E-state index contributed by atoms with van der Waals surface area (Å²) >= 11 is 0. The van der Waals surface area contributed by atoms with Crippen LogP contribution in [0.3, 0.4) is 0 Å². The van der Waals surface area contributed by atoms with E-state index in [-0.39, 0.29) is 12.5 Å². The fourth-order valence-corrected chi connectivity index (χ4v) is 1.82. The first-order valence-electron chi connectivity index (χ1n) is 6.15. The zero-order valence-electron chi connectivity index (χ0n) is 10.7. The SMILES string of the molecule is C[C@@H](Cc1ccc(C#N)cc1)c1nnc(CCO)o1. The number of aliphatic hydroxyl groups is 1. The van der Waals surface area contributed by atoms with Gasteiger partial charge in [0.05, 0.1) is 18.2 Å². The Hall–Kier alpha value is -2.19. The Labute approximate surface area is 111 Å². The third kappa shape index (κ3) is 3.39. The van der Waals surface area contributed by atoms with E-state index >= 15 is 0 Å². The lowest BCUT2D eigenvalue weighted by atomic mass is 10.0. The fourth-order valence-electron chi connectivity index (χ4n) is 1.82. The number of nitrogens with zero attached hydrogens (tertiary/aromatic N) is 3. The third-order valence-corrected chi connectivity index (χ3v) is 2.85. The Bertz CT molecular complexity index is 569. The number of hydrogen-bond acceptors (Lipinski definition) is 5. The van der Waals surface area contributed by atoms with Crippen LogP contribution in [0.25, 0.3) is 0 Å². The van der Waals surface area contributed by atoms with Crippen molar-refractivity contribution in [2.24, 2.45) is 0 Å². The summed E-state index contributed by atoms with van der Waals surface area (Å²) < 4.78 is 5.47. The van der Waals surface area contributed by atoms with Gasteiger partial charge < -0.3 is 9.52 Å². The molecule has 0 aliphatic carbocycles.